The van der Waals surface area contributed by atoms with E-state index in [1.165, 1.54) is 7.11 Å². The normalized spacial score (nSPS) is 10.0. The third-order valence-electron chi connectivity index (χ3n) is 2.00. The van der Waals surface area contributed by atoms with Gasteiger partial charge < -0.3 is 14.2 Å². The maximum Gasteiger partial charge on any atom is 0.195 e. The Morgan fingerprint density at radius 2 is 1.76 bits per heavy atom. The smallest absolute Gasteiger partial charge is 0.195 e. The number of benzene rings is 1. The van der Waals surface area contributed by atoms with Crippen molar-refractivity contribution in [2.45, 2.75) is 13.3 Å². The van der Waals surface area contributed by atoms with Crippen LogP contribution in [0, 0.1) is 0 Å². The molecule has 4 nitrogen and oxygen atoms in total. The molecule has 1 rings (SSSR count). The van der Waals surface area contributed by atoms with Crippen molar-refractivity contribution in [3.05, 3.63) is 24.3 Å². The predicted molar refractivity (Wildman–Crippen MR) is 64.6 cm³/mol. The quantitative estimate of drug-likeness (QED) is 0.695. The largest absolute Gasteiger partial charge is 0.490 e. The summed E-state index contributed by atoms with van der Waals surface area (Å²) in [4.78, 5) is 11.3. The molecular formula is C13H18O4. The third kappa shape index (κ3) is 4.87. The van der Waals surface area contributed by atoms with Gasteiger partial charge in [0, 0.05) is 7.11 Å². The molecule has 0 unspecified atom stereocenters. The SMILES string of the molecule is CCCOc1ccccc1OCC(=O)COC. The summed E-state index contributed by atoms with van der Waals surface area (Å²) >= 11 is 0. The molecule has 0 N–H and O–H groups in total. The van der Waals surface area contributed by atoms with E-state index >= 15 is 0 Å². The Morgan fingerprint density at radius 3 is 2.35 bits per heavy atom. The average Bonchev–Trinajstić information content (AvgIpc) is 2.35. The zero-order chi connectivity index (χ0) is 12.5. The summed E-state index contributed by atoms with van der Waals surface area (Å²) in [5, 5.41) is 0. The van der Waals surface area contributed by atoms with Crippen molar-refractivity contribution in [3.63, 3.8) is 0 Å². The predicted octanol–water partition coefficient (Wildman–Crippen LogP) is 2.07. The van der Waals surface area contributed by atoms with E-state index in [4.69, 9.17) is 14.2 Å². The van der Waals surface area contributed by atoms with Crippen LogP contribution in [0.4, 0.5) is 0 Å². The molecule has 0 aliphatic heterocycles. The Labute approximate surface area is 101 Å². The van der Waals surface area contributed by atoms with Crippen LogP contribution in [0.1, 0.15) is 13.3 Å². The number of carbonyl (C=O) groups is 1. The lowest BCUT2D eigenvalue weighted by atomic mass is 10.3. The van der Waals surface area contributed by atoms with Crippen LogP contribution in [0.15, 0.2) is 24.3 Å². The highest BCUT2D eigenvalue weighted by Gasteiger charge is 2.07. The maximum atomic E-state index is 11.3. The number of para-hydroxylation sites is 2. The van der Waals surface area contributed by atoms with E-state index in [1.54, 1.807) is 6.07 Å². The van der Waals surface area contributed by atoms with Gasteiger partial charge in [0.05, 0.1) is 6.61 Å². The summed E-state index contributed by atoms with van der Waals surface area (Å²) in [7, 11) is 1.48. The number of ether oxygens (including phenoxy) is 3. The second-order valence-corrected chi connectivity index (χ2v) is 3.56. The van der Waals surface area contributed by atoms with Crippen LogP contribution in [-0.2, 0) is 9.53 Å². The number of hydrogen-bond acceptors (Lipinski definition) is 4. The fourth-order valence-electron chi connectivity index (χ4n) is 1.26. The lowest BCUT2D eigenvalue weighted by Crippen LogP contribution is -2.16. The van der Waals surface area contributed by atoms with Gasteiger partial charge in [0.25, 0.3) is 0 Å². The molecule has 0 atom stereocenters. The van der Waals surface area contributed by atoms with Gasteiger partial charge in [-0.2, -0.15) is 0 Å². The van der Waals surface area contributed by atoms with Gasteiger partial charge in [-0.15, -0.1) is 0 Å². The summed E-state index contributed by atoms with van der Waals surface area (Å²) < 4.78 is 15.6. The number of hydrogen-bond donors (Lipinski definition) is 0. The summed E-state index contributed by atoms with van der Waals surface area (Å²) in [6.07, 6.45) is 0.928. The molecule has 4 heteroatoms. The van der Waals surface area contributed by atoms with Gasteiger partial charge in [-0.05, 0) is 18.6 Å². The lowest BCUT2D eigenvalue weighted by Gasteiger charge is -2.11. The Morgan fingerprint density at radius 1 is 1.12 bits per heavy atom. The van der Waals surface area contributed by atoms with Crippen LogP contribution in [0.5, 0.6) is 11.5 Å². The molecule has 0 aliphatic carbocycles. The van der Waals surface area contributed by atoms with Crippen molar-refractivity contribution in [1.29, 1.82) is 0 Å². The molecule has 0 radical (unpaired) electrons. The van der Waals surface area contributed by atoms with E-state index < -0.39 is 0 Å². The number of Topliss-reactive ketones (excluding diaryl/α,β-unsaturated/α-hetero) is 1. The maximum absolute atomic E-state index is 11.3. The third-order valence-corrected chi connectivity index (χ3v) is 2.00. The second-order valence-electron chi connectivity index (χ2n) is 3.56. The van der Waals surface area contributed by atoms with E-state index in [-0.39, 0.29) is 19.0 Å². The van der Waals surface area contributed by atoms with E-state index in [0.717, 1.165) is 6.42 Å². The molecule has 1 aromatic carbocycles. The van der Waals surface area contributed by atoms with Crippen molar-refractivity contribution in [2.75, 3.05) is 26.9 Å². The number of ketones is 1. The monoisotopic (exact) mass is 238 g/mol. The van der Waals surface area contributed by atoms with Crippen molar-refractivity contribution in [3.8, 4) is 11.5 Å². The zero-order valence-electron chi connectivity index (χ0n) is 10.3. The van der Waals surface area contributed by atoms with Crippen molar-refractivity contribution in [1.82, 2.24) is 0 Å². The lowest BCUT2D eigenvalue weighted by molar-refractivity contribution is -0.124. The van der Waals surface area contributed by atoms with E-state index in [2.05, 4.69) is 0 Å². The highest BCUT2D eigenvalue weighted by atomic mass is 16.5. The van der Waals surface area contributed by atoms with Gasteiger partial charge in [0.1, 0.15) is 13.2 Å². The van der Waals surface area contributed by atoms with E-state index in [1.807, 2.05) is 25.1 Å². The zero-order valence-corrected chi connectivity index (χ0v) is 10.3. The van der Waals surface area contributed by atoms with Gasteiger partial charge >= 0.3 is 0 Å². The molecule has 0 heterocycles. The molecular weight excluding hydrogens is 220 g/mol. The minimum atomic E-state index is -0.0993. The minimum absolute atomic E-state index is 0.000336. The first-order chi connectivity index (χ1) is 8.27. The number of carbonyl (C=O) groups excluding carboxylic acids is 1. The van der Waals surface area contributed by atoms with Gasteiger partial charge in [-0.1, -0.05) is 19.1 Å². The first-order valence-corrected chi connectivity index (χ1v) is 5.63. The van der Waals surface area contributed by atoms with E-state index in [0.29, 0.717) is 18.1 Å². The fourth-order valence-corrected chi connectivity index (χ4v) is 1.26. The highest BCUT2D eigenvalue weighted by Crippen LogP contribution is 2.26. The number of methoxy groups -OCH3 is 1. The Hall–Kier alpha value is -1.55. The van der Waals surface area contributed by atoms with Gasteiger partial charge in [-0.25, -0.2) is 0 Å². The van der Waals surface area contributed by atoms with Crippen LogP contribution in [0.2, 0.25) is 0 Å². The standard InChI is InChI=1S/C13H18O4/c1-3-8-16-12-6-4-5-7-13(12)17-10-11(14)9-15-2/h4-7H,3,8-10H2,1-2H3. The molecule has 0 fully saturated rings. The summed E-state index contributed by atoms with van der Waals surface area (Å²) in [5.74, 6) is 1.16. The average molecular weight is 238 g/mol. The molecule has 0 saturated carbocycles. The first-order valence-electron chi connectivity index (χ1n) is 5.63. The Balaban J connectivity index is 2.54. The molecule has 0 bridgehead atoms. The highest BCUT2D eigenvalue weighted by molar-refractivity contribution is 5.81. The first kappa shape index (κ1) is 13.5. The summed E-state index contributed by atoms with van der Waals surface area (Å²) in [5.41, 5.74) is 0. The molecule has 1 aromatic rings. The molecule has 0 amide bonds. The number of rotatable bonds is 8. The van der Waals surface area contributed by atoms with Crippen LogP contribution in [0.25, 0.3) is 0 Å². The molecule has 0 saturated heterocycles. The van der Waals surface area contributed by atoms with Crippen LogP contribution < -0.4 is 9.47 Å². The Kier molecular flexibility index (Phi) is 6.10. The molecule has 17 heavy (non-hydrogen) atoms. The second kappa shape index (κ2) is 7.68. The fraction of sp³-hybridized carbons (Fsp3) is 0.462. The van der Waals surface area contributed by atoms with Gasteiger partial charge in [0.15, 0.2) is 17.3 Å². The van der Waals surface area contributed by atoms with Crippen molar-refractivity contribution >= 4 is 5.78 Å². The molecule has 0 aromatic heterocycles. The van der Waals surface area contributed by atoms with E-state index in [9.17, 15) is 4.79 Å². The topological polar surface area (TPSA) is 44.8 Å². The van der Waals surface area contributed by atoms with Crippen LogP contribution in [-0.4, -0.2) is 32.7 Å². The van der Waals surface area contributed by atoms with Gasteiger partial charge in [0.2, 0.25) is 0 Å². The Bertz CT molecular complexity index is 349. The van der Waals surface area contributed by atoms with Crippen LogP contribution in [0.3, 0.4) is 0 Å². The van der Waals surface area contributed by atoms with Crippen LogP contribution >= 0.6 is 0 Å². The molecule has 0 aliphatic rings. The van der Waals surface area contributed by atoms with Crippen molar-refractivity contribution in [2.24, 2.45) is 0 Å². The molecule has 0 spiro atoms. The molecule has 94 valence electrons. The van der Waals surface area contributed by atoms with Gasteiger partial charge in [-0.3, -0.25) is 4.79 Å². The summed E-state index contributed by atoms with van der Waals surface area (Å²) in [6.45, 7) is 2.73. The minimum Gasteiger partial charge on any atom is -0.490 e. The summed E-state index contributed by atoms with van der Waals surface area (Å²) in [6, 6.07) is 7.32. The van der Waals surface area contributed by atoms with Crippen molar-refractivity contribution < 1.29 is 19.0 Å².